The van der Waals surface area contributed by atoms with Gasteiger partial charge in [-0.15, -0.1) is 0 Å². The molecule has 0 spiro atoms. The van der Waals surface area contributed by atoms with Gasteiger partial charge in [0.2, 0.25) is 11.7 Å². The molecule has 0 aliphatic carbocycles. The lowest BCUT2D eigenvalue weighted by atomic mass is 10.0. The molecule has 8 heteroatoms. The number of halogens is 2. The molecule has 1 unspecified atom stereocenters. The van der Waals surface area contributed by atoms with Crippen LogP contribution in [-0.2, 0) is 0 Å². The minimum Gasteiger partial charge on any atom is -0.337 e. The number of carbonyl (C=O) groups excluding carboxylic acids is 1. The molecule has 1 saturated heterocycles. The van der Waals surface area contributed by atoms with Crippen LogP contribution in [0.3, 0.4) is 0 Å². The molecule has 1 aliphatic heterocycles. The van der Waals surface area contributed by atoms with Crippen LogP contribution in [-0.4, -0.2) is 27.6 Å². The summed E-state index contributed by atoms with van der Waals surface area (Å²) in [7, 11) is 0. The van der Waals surface area contributed by atoms with E-state index in [4.69, 9.17) is 16.1 Å². The number of likely N-dealkylation sites (tertiary alicyclic amines) is 1. The third-order valence-electron chi connectivity index (χ3n) is 5.02. The Morgan fingerprint density at radius 1 is 1.24 bits per heavy atom. The summed E-state index contributed by atoms with van der Waals surface area (Å²) in [5.41, 5.74) is 2.49. The van der Waals surface area contributed by atoms with Crippen LogP contribution in [0.4, 0.5) is 10.5 Å². The van der Waals surface area contributed by atoms with E-state index in [1.807, 2.05) is 43.3 Å². The maximum Gasteiger partial charge on any atom is 0.322 e. The lowest BCUT2D eigenvalue weighted by Crippen LogP contribution is -2.41. The number of anilines is 1. The van der Waals surface area contributed by atoms with Crippen molar-refractivity contribution < 1.29 is 9.32 Å². The lowest BCUT2D eigenvalue weighted by molar-refractivity contribution is 0.142. The van der Waals surface area contributed by atoms with Crippen molar-refractivity contribution in [1.82, 2.24) is 15.0 Å². The van der Waals surface area contributed by atoms with Crippen molar-refractivity contribution in [2.24, 2.45) is 0 Å². The van der Waals surface area contributed by atoms with Crippen LogP contribution >= 0.6 is 27.5 Å². The number of hydrogen-bond acceptors (Lipinski definition) is 4. The number of carbonyl (C=O) groups is 1. The Hall–Kier alpha value is -2.38. The minimum atomic E-state index is -0.249. The van der Waals surface area contributed by atoms with E-state index in [0.29, 0.717) is 29.0 Å². The van der Waals surface area contributed by atoms with Gasteiger partial charge in [0.15, 0.2) is 0 Å². The normalized spacial score (nSPS) is 16.7. The molecule has 2 amide bonds. The van der Waals surface area contributed by atoms with Crippen LogP contribution in [0, 0.1) is 6.92 Å². The largest absolute Gasteiger partial charge is 0.337 e. The standard InChI is InChI=1S/C21H20BrClN4O2/c1-13-5-10-16(12-17(13)23)24-21(28)27-11-3-2-4-18(27)20-25-19(26-29-20)14-6-8-15(22)9-7-14/h5-10,12,18H,2-4,11H2,1H3,(H,24,28). The molecule has 1 atom stereocenters. The highest BCUT2D eigenvalue weighted by Crippen LogP contribution is 2.32. The summed E-state index contributed by atoms with van der Waals surface area (Å²) in [6.45, 7) is 2.55. The fraction of sp³-hybridized carbons (Fsp3) is 0.286. The number of aryl methyl sites for hydroxylation is 1. The SMILES string of the molecule is Cc1ccc(NC(=O)N2CCCCC2c2nc(-c3ccc(Br)cc3)no2)cc1Cl. The monoisotopic (exact) mass is 474 g/mol. The molecule has 4 rings (SSSR count). The smallest absolute Gasteiger partial charge is 0.322 e. The Bertz CT molecular complexity index is 1020. The van der Waals surface area contributed by atoms with E-state index >= 15 is 0 Å². The number of amides is 2. The van der Waals surface area contributed by atoms with Crippen molar-refractivity contribution >= 4 is 39.2 Å². The molecule has 1 aromatic heterocycles. The van der Waals surface area contributed by atoms with Crippen LogP contribution in [0.2, 0.25) is 5.02 Å². The second-order valence-electron chi connectivity index (χ2n) is 7.06. The van der Waals surface area contributed by atoms with Crippen molar-refractivity contribution in [1.29, 1.82) is 0 Å². The number of urea groups is 1. The molecule has 6 nitrogen and oxygen atoms in total. The molecule has 1 fully saturated rings. The number of benzene rings is 2. The van der Waals surface area contributed by atoms with Crippen LogP contribution in [0.15, 0.2) is 51.5 Å². The van der Waals surface area contributed by atoms with Crippen molar-refractivity contribution in [3.05, 3.63) is 63.4 Å². The van der Waals surface area contributed by atoms with Crippen molar-refractivity contribution in [2.45, 2.75) is 32.2 Å². The molecular formula is C21H20BrClN4O2. The van der Waals surface area contributed by atoms with Gasteiger partial charge in [-0.3, -0.25) is 0 Å². The summed E-state index contributed by atoms with van der Waals surface area (Å²) in [6, 6.07) is 12.7. The number of aromatic nitrogens is 2. The average Bonchev–Trinajstić information content (AvgIpc) is 3.21. The fourth-order valence-corrected chi connectivity index (χ4v) is 3.83. The number of nitrogens with zero attached hydrogens (tertiary/aromatic N) is 3. The maximum atomic E-state index is 12.9. The first-order valence-corrected chi connectivity index (χ1v) is 10.6. The van der Waals surface area contributed by atoms with E-state index in [-0.39, 0.29) is 12.1 Å². The Morgan fingerprint density at radius 3 is 2.79 bits per heavy atom. The van der Waals surface area contributed by atoms with Crippen LogP contribution in [0.5, 0.6) is 0 Å². The van der Waals surface area contributed by atoms with Gasteiger partial charge in [-0.1, -0.05) is 38.8 Å². The van der Waals surface area contributed by atoms with E-state index in [1.54, 1.807) is 11.0 Å². The van der Waals surface area contributed by atoms with Gasteiger partial charge in [-0.25, -0.2) is 4.79 Å². The van der Waals surface area contributed by atoms with Gasteiger partial charge in [0.25, 0.3) is 0 Å². The van der Waals surface area contributed by atoms with Crippen molar-refractivity contribution in [2.75, 3.05) is 11.9 Å². The molecule has 0 saturated carbocycles. The second kappa shape index (κ2) is 8.55. The summed E-state index contributed by atoms with van der Waals surface area (Å²) in [4.78, 5) is 19.3. The summed E-state index contributed by atoms with van der Waals surface area (Å²) in [5.74, 6) is 0.975. The minimum absolute atomic E-state index is 0.196. The number of nitrogens with one attached hydrogen (secondary N) is 1. The zero-order chi connectivity index (χ0) is 20.4. The summed E-state index contributed by atoms with van der Waals surface area (Å²) in [6.07, 6.45) is 2.72. The lowest BCUT2D eigenvalue weighted by Gasteiger charge is -2.33. The van der Waals surface area contributed by atoms with Crippen LogP contribution in [0.1, 0.15) is 36.8 Å². The van der Waals surface area contributed by atoms with E-state index < -0.39 is 0 Å². The molecule has 2 heterocycles. The molecule has 0 bridgehead atoms. The van der Waals surface area contributed by atoms with Gasteiger partial charge in [-0.2, -0.15) is 4.98 Å². The molecule has 150 valence electrons. The maximum absolute atomic E-state index is 12.9. The second-order valence-corrected chi connectivity index (χ2v) is 8.39. The van der Waals surface area contributed by atoms with Gasteiger partial charge >= 0.3 is 6.03 Å². The average molecular weight is 476 g/mol. The van der Waals surface area contributed by atoms with Crippen molar-refractivity contribution in [3.63, 3.8) is 0 Å². The quantitative estimate of drug-likeness (QED) is 0.488. The topological polar surface area (TPSA) is 71.3 Å². The van der Waals surface area contributed by atoms with Gasteiger partial charge < -0.3 is 14.7 Å². The number of hydrogen-bond donors (Lipinski definition) is 1. The first-order chi connectivity index (χ1) is 14.0. The third-order valence-corrected chi connectivity index (χ3v) is 5.95. The van der Waals surface area contributed by atoms with Crippen molar-refractivity contribution in [3.8, 4) is 11.4 Å². The molecular weight excluding hydrogens is 456 g/mol. The highest BCUT2D eigenvalue weighted by Gasteiger charge is 2.32. The molecule has 1 N–H and O–H groups in total. The highest BCUT2D eigenvalue weighted by molar-refractivity contribution is 9.10. The van der Waals surface area contributed by atoms with Gasteiger partial charge in [0, 0.05) is 27.3 Å². The first kappa shape index (κ1) is 19.9. The number of piperidine rings is 1. The first-order valence-electron chi connectivity index (χ1n) is 9.44. The van der Waals surface area contributed by atoms with Crippen LogP contribution < -0.4 is 5.32 Å². The Morgan fingerprint density at radius 2 is 2.03 bits per heavy atom. The molecule has 29 heavy (non-hydrogen) atoms. The summed E-state index contributed by atoms with van der Waals surface area (Å²) >= 11 is 9.60. The summed E-state index contributed by atoms with van der Waals surface area (Å²) in [5, 5.41) is 7.66. The predicted molar refractivity (Wildman–Crippen MR) is 116 cm³/mol. The zero-order valence-corrected chi connectivity index (χ0v) is 18.2. The Balaban J connectivity index is 1.53. The number of rotatable bonds is 3. The van der Waals surface area contributed by atoms with Crippen LogP contribution in [0.25, 0.3) is 11.4 Å². The van der Waals surface area contributed by atoms with E-state index in [1.165, 1.54) is 0 Å². The molecule has 2 aromatic carbocycles. The summed E-state index contributed by atoms with van der Waals surface area (Å²) < 4.78 is 6.52. The molecule has 1 aliphatic rings. The zero-order valence-electron chi connectivity index (χ0n) is 15.9. The third kappa shape index (κ3) is 4.46. The van der Waals surface area contributed by atoms with E-state index in [0.717, 1.165) is 34.9 Å². The van der Waals surface area contributed by atoms with Gasteiger partial charge in [-0.05, 0) is 68.1 Å². The van der Waals surface area contributed by atoms with E-state index in [9.17, 15) is 4.79 Å². The predicted octanol–water partition coefficient (Wildman–Crippen LogP) is 6.22. The molecule has 0 radical (unpaired) electrons. The van der Waals surface area contributed by atoms with Gasteiger partial charge in [0.1, 0.15) is 6.04 Å². The Kier molecular flexibility index (Phi) is 5.87. The molecule has 3 aromatic rings. The highest BCUT2D eigenvalue weighted by atomic mass is 79.9. The Labute approximate surface area is 182 Å². The fourth-order valence-electron chi connectivity index (χ4n) is 3.38. The van der Waals surface area contributed by atoms with Gasteiger partial charge in [0.05, 0.1) is 0 Å². The van der Waals surface area contributed by atoms with E-state index in [2.05, 4.69) is 31.4 Å².